The number of rotatable bonds is 3. The van der Waals surface area contributed by atoms with Crippen LogP contribution in [0.5, 0.6) is 0 Å². The van der Waals surface area contributed by atoms with Crippen LogP contribution in [0.3, 0.4) is 0 Å². The van der Waals surface area contributed by atoms with E-state index in [0.29, 0.717) is 21.8 Å². The van der Waals surface area contributed by atoms with Gasteiger partial charge in [-0.05, 0) is 18.2 Å². The molecule has 2 heterocycles. The number of fused-ring (bicyclic) bond motifs is 1. The highest BCUT2D eigenvalue weighted by Crippen LogP contribution is 2.30. The molecule has 0 aliphatic carbocycles. The summed E-state index contributed by atoms with van der Waals surface area (Å²) in [4.78, 5) is 13.0. The average Bonchev–Trinajstić information content (AvgIpc) is 2.79. The van der Waals surface area contributed by atoms with Crippen molar-refractivity contribution < 1.29 is 0 Å². The Morgan fingerprint density at radius 2 is 2.00 bits per heavy atom. The van der Waals surface area contributed by atoms with E-state index in [1.807, 2.05) is 25.1 Å². The maximum Gasteiger partial charge on any atom is 0.189 e. The number of benzene rings is 1. The zero-order valence-corrected chi connectivity index (χ0v) is 12.9. The van der Waals surface area contributed by atoms with E-state index >= 15 is 0 Å². The van der Waals surface area contributed by atoms with Gasteiger partial charge < -0.3 is 5.32 Å². The lowest BCUT2D eigenvalue weighted by atomic mass is 10.3. The quantitative estimate of drug-likeness (QED) is 0.709. The molecule has 0 bridgehead atoms. The van der Waals surface area contributed by atoms with Gasteiger partial charge in [-0.3, -0.25) is 0 Å². The van der Waals surface area contributed by atoms with E-state index in [-0.39, 0.29) is 0 Å². The van der Waals surface area contributed by atoms with Gasteiger partial charge in [0.15, 0.2) is 5.13 Å². The van der Waals surface area contributed by atoms with Crippen LogP contribution in [0.1, 0.15) is 12.7 Å². The number of hydrogen-bond donors (Lipinski definition) is 1. The van der Waals surface area contributed by atoms with Crippen molar-refractivity contribution in [2.45, 2.75) is 13.3 Å². The van der Waals surface area contributed by atoms with Crippen LogP contribution >= 0.6 is 34.5 Å². The highest BCUT2D eigenvalue weighted by Gasteiger charge is 2.07. The zero-order chi connectivity index (χ0) is 14.1. The lowest BCUT2D eigenvalue weighted by Gasteiger charge is -2.03. The fourth-order valence-electron chi connectivity index (χ4n) is 1.75. The minimum absolute atomic E-state index is 0.420. The Morgan fingerprint density at radius 3 is 2.80 bits per heavy atom. The smallest absolute Gasteiger partial charge is 0.189 e. The molecule has 0 fully saturated rings. The van der Waals surface area contributed by atoms with Gasteiger partial charge in [0, 0.05) is 17.5 Å². The van der Waals surface area contributed by atoms with Crippen LogP contribution in [-0.4, -0.2) is 15.0 Å². The SMILES string of the molecule is CCc1nc(Cl)cc(Nc2nc3ccc(Cl)cc3s2)n1. The van der Waals surface area contributed by atoms with Crippen LogP contribution in [-0.2, 0) is 6.42 Å². The summed E-state index contributed by atoms with van der Waals surface area (Å²) in [5.74, 6) is 1.34. The number of nitrogens with zero attached hydrogens (tertiary/aromatic N) is 3. The van der Waals surface area contributed by atoms with Gasteiger partial charge in [0.25, 0.3) is 0 Å². The molecule has 0 unspecified atom stereocenters. The number of halogens is 2. The van der Waals surface area contributed by atoms with E-state index in [4.69, 9.17) is 23.2 Å². The monoisotopic (exact) mass is 324 g/mol. The first kappa shape index (κ1) is 13.5. The van der Waals surface area contributed by atoms with Crippen LogP contribution in [0.15, 0.2) is 24.3 Å². The van der Waals surface area contributed by atoms with Crippen molar-refractivity contribution in [1.82, 2.24) is 15.0 Å². The standard InChI is InChI=1S/C13H10Cl2N4S/c1-2-11-17-10(15)6-12(18-11)19-13-16-8-4-3-7(14)5-9(8)20-13/h3-6H,2H2,1H3,(H,16,17,18,19). The van der Waals surface area contributed by atoms with Crippen LogP contribution in [0, 0.1) is 0 Å². The number of hydrogen-bond acceptors (Lipinski definition) is 5. The van der Waals surface area contributed by atoms with Gasteiger partial charge in [0.1, 0.15) is 16.8 Å². The number of thiazole rings is 1. The Bertz CT molecular complexity index is 772. The molecule has 102 valence electrons. The first-order valence-electron chi connectivity index (χ1n) is 6.00. The second kappa shape index (κ2) is 5.52. The minimum atomic E-state index is 0.420. The lowest BCUT2D eigenvalue weighted by molar-refractivity contribution is 0.943. The van der Waals surface area contributed by atoms with Gasteiger partial charge in [0.2, 0.25) is 0 Å². The number of nitrogens with one attached hydrogen (secondary N) is 1. The number of anilines is 2. The molecule has 0 atom stereocenters. The first-order valence-corrected chi connectivity index (χ1v) is 7.58. The molecule has 0 aliphatic rings. The minimum Gasteiger partial charge on any atom is -0.316 e. The van der Waals surface area contributed by atoms with Gasteiger partial charge in [0.05, 0.1) is 10.2 Å². The van der Waals surface area contributed by atoms with Crippen molar-refractivity contribution in [3.63, 3.8) is 0 Å². The second-order valence-electron chi connectivity index (χ2n) is 4.10. The van der Waals surface area contributed by atoms with Crippen LogP contribution in [0.25, 0.3) is 10.2 Å². The third kappa shape index (κ3) is 2.85. The van der Waals surface area contributed by atoms with Crippen molar-refractivity contribution in [2.24, 2.45) is 0 Å². The van der Waals surface area contributed by atoms with Crippen LogP contribution in [0.2, 0.25) is 10.2 Å². The van der Waals surface area contributed by atoms with Gasteiger partial charge >= 0.3 is 0 Å². The molecule has 0 aliphatic heterocycles. The topological polar surface area (TPSA) is 50.7 Å². The fraction of sp³-hybridized carbons (Fsp3) is 0.154. The van der Waals surface area contributed by atoms with Gasteiger partial charge in [-0.1, -0.05) is 41.5 Å². The normalized spacial score (nSPS) is 10.9. The van der Waals surface area contributed by atoms with E-state index in [0.717, 1.165) is 21.8 Å². The summed E-state index contributed by atoms with van der Waals surface area (Å²) in [5.41, 5.74) is 0.901. The molecule has 0 amide bonds. The summed E-state index contributed by atoms with van der Waals surface area (Å²) < 4.78 is 1.02. The van der Waals surface area contributed by atoms with Crippen molar-refractivity contribution in [3.05, 3.63) is 40.3 Å². The third-order valence-corrected chi connectivity index (χ3v) is 4.01. The summed E-state index contributed by atoms with van der Waals surface area (Å²) >= 11 is 13.5. The van der Waals surface area contributed by atoms with E-state index < -0.39 is 0 Å². The zero-order valence-electron chi connectivity index (χ0n) is 10.5. The summed E-state index contributed by atoms with van der Waals surface area (Å²) in [6.07, 6.45) is 0.727. The molecule has 1 aromatic carbocycles. The fourth-order valence-corrected chi connectivity index (χ4v) is 3.10. The van der Waals surface area contributed by atoms with E-state index in [9.17, 15) is 0 Å². The summed E-state index contributed by atoms with van der Waals surface area (Å²) in [6, 6.07) is 7.29. The Morgan fingerprint density at radius 1 is 1.15 bits per heavy atom. The summed E-state index contributed by atoms with van der Waals surface area (Å²) in [5, 5.41) is 5.03. The van der Waals surface area contributed by atoms with Crippen molar-refractivity contribution >= 4 is 55.7 Å². The van der Waals surface area contributed by atoms with Gasteiger partial charge in [-0.2, -0.15) is 0 Å². The Balaban J connectivity index is 1.94. The van der Waals surface area contributed by atoms with Gasteiger partial charge in [-0.25, -0.2) is 15.0 Å². The van der Waals surface area contributed by atoms with Crippen LogP contribution < -0.4 is 5.32 Å². The molecule has 3 rings (SSSR count). The molecule has 0 saturated heterocycles. The Hall–Kier alpha value is -1.43. The summed E-state index contributed by atoms with van der Waals surface area (Å²) in [7, 11) is 0. The Kier molecular flexibility index (Phi) is 3.74. The lowest BCUT2D eigenvalue weighted by Crippen LogP contribution is -1.99. The van der Waals surface area contributed by atoms with E-state index in [1.54, 1.807) is 6.07 Å². The van der Waals surface area contributed by atoms with Crippen molar-refractivity contribution in [2.75, 3.05) is 5.32 Å². The predicted molar refractivity (Wildman–Crippen MR) is 84.3 cm³/mol. The highest BCUT2D eigenvalue weighted by atomic mass is 35.5. The molecular formula is C13H10Cl2N4S. The second-order valence-corrected chi connectivity index (χ2v) is 5.96. The molecule has 2 aromatic heterocycles. The van der Waals surface area contributed by atoms with E-state index in [2.05, 4.69) is 20.3 Å². The maximum atomic E-state index is 5.97. The highest BCUT2D eigenvalue weighted by molar-refractivity contribution is 7.22. The number of aryl methyl sites for hydroxylation is 1. The largest absolute Gasteiger partial charge is 0.316 e. The molecular weight excluding hydrogens is 315 g/mol. The third-order valence-electron chi connectivity index (χ3n) is 2.64. The molecule has 20 heavy (non-hydrogen) atoms. The molecule has 0 radical (unpaired) electrons. The maximum absolute atomic E-state index is 5.97. The van der Waals surface area contributed by atoms with Gasteiger partial charge in [-0.15, -0.1) is 0 Å². The summed E-state index contributed by atoms with van der Waals surface area (Å²) in [6.45, 7) is 1.98. The predicted octanol–water partition coefficient (Wildman–Crippen LogP) is 4.70. The van der Waals surface area contributed by atoms with E-state index in [1.165, 1.54) is 11.3 Å². The van der Waals surface area contributed by atoms with Crippen LogP contribution in [0.4, 0.5) is 10.9 Å². The molecule has 3 aromatic rings. The molecule has 1 N–H and O–H groups in total. The molecule has 0 saturated carbocycles. The average molecular weight is 325 g/mol. The Labute approximate surface area is 129 Å². The first-order chi connectivity index (χ1) is 9.64. The van der Waals surface area contributed by atoms with Crippen molar-refractivity contribution in [3.8, 4) is 0 Å². The molecule has 0 spiro atoms. The van der Waals surface area contributed by atoms with Crippen molar-refractivity contribution in [1.29, 1.82) is 0 Å². The number of aromatic nitrogens is 3. The molecule has 4 nitrogen and oxygen atoms in total. The molecule has 7 heteroatoms.